The van der Waals surface area contributed by atoms with Crippen LogP contribution in [0.5, 0.6) is 0 Å². The summed E-state index contributed by atoms with van der Waals surface area (Å²) in [6.07, 6.45) is 4.40. The minimum absolute atomic E-state index is 0.579. The number of allylic oxidation sites excluding steroid dienone is 1. The smallest absolute Gasteiger partial charge is 0.331 e. The first-order valence-corrected chi connectivity index (χ1v) is 5.44. The Bertz CT molecular complexity index is 251. The maximum Gasteiger partial charge on any atom is 0.331 e. The van der Waals surface area contributed by atoms with Gasteiger partial charge in [0.25, 0.3) is 0 Å². The van der Waals surface area contributed by atoms with Crippen LogP contribution in [0.15, 0.2) is 11.1 Å². The van der Waals surface area contributed by atoms with E-state index in [9.17, 15) is 4.79 Å². The Morgan fingerprint density at radius 3 is 2.64 bits per heavy atom. The molecular formula is C12H20O2. The lowest BCUT2D eigenvalue weighted by Crippen LogP contribution is -2.16. The lowest BCUT2D eigenvalue weighted by molar-refractivity contribution is -0.132. The molecule has 0 aromatic heterocycles. The van der Waals surface area contributed by atoms with Crippen LogP contribution in [0.2, 0.25) is 0 Å². The van der Waals surface area contributed by atoms with E-state index in [4.69, 9.17) is 5.11 Å². The summed E-state index contributed by atoms with van der Waals surface area (Å²) in [4.78, 5) is 10.8. The second kappa shape index (κ2) is 4.63. The van der Waals surface area contributed by atoms with E-state index < -0.39 is 5.97 Å². The molecule has 1 fully saturated rings. The van der Waals surface area contributed by atoms with Crippen molar-refractivity contribution in [1.82, 2.24) is 0 Å². The van der Waals surface area contributed by atoms with Crippen LogP contribution in [0.4, 0.5) is 0 Å². The minimum Gasteiger partial charge on any atom is -0.478 e. The second-order valence-electron chi connectivity index (χ2n) is 4.63. The Morgan fingerprint density at radius 2 is 2.14 bits per heavy atom. The number of rotatable bonds is 2. The summed E-state index contributed by atoms with van der Waals surface area (Å²) in [5.41, 5.74) is 1.75. The van der Waals surface area contributed by atoms with Crippen molar-refractivity contribution in [3.8, 4) is 0 Å². The van der Waals surface area contributed by atoms with E-state index in [-0.39, 0.29) is 0 Å². The van der Waals surface area contributed by atoms with Crippen LogP contribution in [-0.4, -0.2) is 11.1 Å². The fraction of sp³-hybridized carbons (Fsp3) is 0.750. The molecule has 1 unspecified atom stereocenters. The normalized spacial score (nSPS) is 26.4. The highest BCUT2D eigenvalue weighted by atomic mass is 16.4. The molecule has 14 heavy (non-hydrogen) atoms. The summed E-state index contributed by atoms with van der Waals surface area (Å²) in [6, 6.07) is 0. The topological polar surface area (TPSA) is 37.3 Å². The van der Waals surface area contributed by atoms with Crippen molar-refractivity contribution in [2.45, 2.75) is 46.5 Å². The molecule has 0 bridgehead atoms. The lowest BCUT2D eigenvalue weighted by Gasteiger charge is -2.28. The van der Waals surface area contributed by atoms with Crippen molar-refractivity contribution >= 4 is 5.97 Å². The SMILES string of the molecule is CC(C(=O)O)=C1CCCC(C(C)C)C1. The van der Waals surface area contributed by atoms with Crippen LogP contribution in [0, 0.1) is 11.8 Å². The molecule has 1 saturated carbocycles. The fourth-order valence-corrected chi connectivity index (χ4v) is 2.16. The van der Waals surface area contributed by atoms with Crippen LogP contribution < -0.4 is 0 Å². The molecule has 80 valence electrons. The molecule has 1 rings (SSSR count). The maximum atomic E-state index is 10.8. The number of aliphatic carboxylic acids is 1. The van der Waals surface area contributed by atoms with Crippen molar-refractivity contribution in [2.75, 3.05) is 0 Å². The summed E-state index contributed by atoms with van der Waals surface area (Å²) < 4.78 is 0. The van der Waals surface area contributed by atoms with E-state index in [1.165, 1.54) is 12.0 Å². The first-order valence-electron chi connectivity index (χ1n) is 5.44. The molecule has 1 aliphatic rings. The highest BCUT2D eigenvalue weighted by Crippen LogP contribution is 2.34. The van der Waals surface area contributed by atoms with Crippen LogP contribution in [0.1, 0.15) is 46.5 Å². The van der Waals surface area contributed by atoms with Crippen LogP contribution in [0.3, 0.4) is 0 Å². The molecule has 0 amide bonds. The molecule has 0 radical (unpaired) electrons. The number of hydrogen-bond donors (Lipinski definition) is 1. The van der Waals surface area contributed by atoms with E-state index >= 15 is 0 Å². The molecule has 0 aromatic rings. The summed E-state index contributed by atoms with van der Waals surface area (Å²) >= 11 is 0. The van der Waals surface area contributed by atoms with Gasteiger partial charge in [-0.1, -0.05) is 19.4 Å². The highest BCUT2D eigenvalue weighted by molar-refractivity contribution is 5.86. The van der Waals surface area contributed by atoms with E-state index in [1.807, 2.05) is 0 Å². The third-order valence-corrected chi connectivity index (χ3v) is 3.36. The van der Waals surface area contributed by atoms with Gasteiger partial charge in [0.15, 0.2) is 0 Å². The summed E-state index contributed by atoms with van der Waals surface area (Å²) in [5.74, 6) is 0.615. The van der Waals surface area contributed by atoms with Gasteiger partial charge in [0.2, 0.25) is 0 Å². The summed E-state index contributed by atoms with van der Waals surface area (Å²) in [6.45, 7) is 6.19. The fourth-order valence-electron chi connectivity index (χ4n) is 2.16. The number of carboxylic acid groups (broad SMARTS) is 1. The second-order valence-corrected chi connectivity index (χ2v) is 4.63. The predicted molar refractivity (Wildman–Crippen MR) is 57.1 cm³/mol. The molecule has 0 aliphatic heterocycles. The van der Waals surface area contributed by atoms with Gasteiger partial charge in [0.1, 0.15) is 0 Å². The molecule has 1 atom stereocenters. The number of carboxylic acids is 1. The van der Waals surface area contributed by atoms with Crippen molar-refractivity contribution in [1.29, 1.82) is 0 Å². The largest absolute Gasteiger partial charge is 0.478 e. The average Bonchev–Trinajstić information content (AvgIpc) is 2.16. The van der Waals surface area contributed by atoms with Gasteiger partial charge in [0.05, 0.1) is 0 Å². The van der Waals surface area contributed by atoms with E-state index in [0.29, 0.717) is 17.4 Å². The zero-order valence-corrected chi connectivity index (χ0v) is 9.34. The lowest BCUT2D eigenvalue weighted by atomic mass is 9.78. The highest BCUT2D eigenvalue weighted by Gasteiger charge is 2.22. The molecule has 0 spiro atoms. The summed E-state index contributed by atoms with van der Waals surface area (Å²) in [5, 5.41) is 8.90. The van der Waals surface area contributed by atoms with Crippen molar-refractivity contribution < 1.29 is 9.90 Å². The van der Waals surface area contributed by atoms with E-state index in [0.717, 1.165) is 19.3 Å². The third kappa shape index (κ3) is 2.60. The zero-order chi connectivity index (χ0) is 10.7. The number of hydrogen-bond acceptors (Lipinski definition) is 1. The van der Waals surface area contributed by atoms with Crippen LogP contribution >= 0.6 is 0 Å². The van der Waals surface area contributed by atoms with Gasteiger partial charge in [0, 0.05) is 5.57 Å². The molecule has 2 heteroatoms. The van der Waals surface area contributed by atoms with Crippen LogP contribution in [-0.2, 0) is 4.79 Å². The first kappa shape index (κ1) is 11.3. The quantitative estimate of drug-likeness (QED) is 0.688. The molecule has 0 aromatic carbocycles. The predicted octanol–water partition coefficient (Wildman–Crippen LogP) is 3.23. The maximum absolute atomic E-state index is 10.8. The van der Waals surface area contributed by atoms with Gasteiger partial charge in [-0.25, -0.2) is 4.79 Å². The first-order chi connectivity index (χ1) is 6.52. The molecule has 1 aliphatic carbocycles. The Balaban J connectivity index is 2.73. The molecule has 2 nitrogen and oxygen atoms in total. The van der Waals surface area contributed by atoms with Crippen molar-refractivity contribution in [2.24, 2.45) is 11.8 Å². The average molecular weight is 196 g/mol. The monoisotopic (exact) mass is 196 g/mol. The van der Waals surface area contributed by atoms with Crippen LogP contribution in [0.25, 0.3) is 0 Å². The molecule has 0 heterocycles. The minimum atomic E-state index is -0.746. The van der Waals surface area contributed by atoms with E-state index in [2.05, 4.69) is 13.8 Å². The molecular weight excluding hydrogens is 176 g/mol. The van der Waals surface area contributed by atoms with Crippen molar-refractivity contribution in [3.63, 3.8) is 0 Å². The van der Waals surface area contributed by atoms with Gasteiger partial charge in [-0.3, -0.25) is 0 Å². The molecule has 0 saturated heterocycles. The Morgan fingerprint density at radius 1 is 1.50 bits per heavy atom. The number of carbonyl (C=O) groups is 1. The van der Waals surface area contributed by atoms with Crippen molar-refractivity contribution in [3.05, 3.63) is 11.1 Å². The zero-order valence-electron chi connectivity index (χ0n) is 9.34. The summed E-state index contributed by atoms with van der Waals surface area (Å²) in [7, 11) is 0. The standard InChI is InChI=1S/C12H20O2/c1-8(2)10-5-4-6-11(7-10)9(3)12(13)14/h8,10H,4-7H2,1-3H3,(H,13,14). The van der Waals surface area contributed by atoms with Gasteiger partial charge >= 0.3 is 5.97 Å². The molecule has 1 N–H and O–H groups in total. The van der Waals surface area contributed by atoms with Gasteiger partial charge in [-0.15, -0.1) is 0 Å². The van der Waals surface area contributed by atoms with Gasteiger partial charge < -0.3 is 5.11 Å². The van der Waals surface area contributed by atoms with E-state index in [1.54, 1.807) is 6.92 Å². The Hall–Kier alpha value is -0.790. The third-order valence-electron chi connectivity index (χ3n) is 3.36. The Labute approximate surface area is 86.0 Å². The van der Waals surface area contributed by atoms with Gasteiger partial charge in [-0.2, -0.15) is 0 Å². The Kier molecular flexibility index (Phi) is 3.73. The van der Waals surface area contributed by atoms with Gasteiger partial charge in [-0.05, 0) is 44.4 Å².